The molecule has 7 heteroatoms. The molecule has 2 saturated heterocycles. The van der Waals surface area contributed by atoms with Crippen molar-refractivity contribution in [3.8, 4) is 11.6 Å². The van der Waals surface area contributed by atoms with Gasteiger partial charge in [-0.1, -0.05) is 12.1 Å². The van der Waals surface area contributed by atoms with E-state index >= 15 is 0 Å². The lowest BCUT2D eigenvalue weighted by molar-refractivity contribution is 0.0785. The Morgan fingerprint density at radius 2 is 1.81 bits per heavy atom. The van der Waals surface area contributed by atoms with Crippen LogP contribution in [-0.2, 0) is 6.54 Å². The van der Waals surface area contributed by atoms with E-state index < -0.39 is 0 Å². The number of benzene rings is 1. The predicted molar refractivity (Wildman–Crippen MR) is 98.2 cm³/mol. The molecule has 0 radical (unpaired) electrons. The molecule has 0 N–H and O–H groups in total. The van der Waals surface area contributed by atoms with Crippen molar-refractivity contribution in [1.82, 2.24) is 19.8 Å². The van der Waals surface area contributed by atoms with E-state index in [1.54, 1.807) is 23.1 Å². The van der Waals surface area contributed by atoms with Crippen molar-refractivity contribution in [2.75, 3.05) is 26.2 Å². The highest BCUT2D eigenvalue weighted by Gasteiger charge is 2.22. The van der Waals surface area contributed by atoms with Crippen molar-refractivity contribution in [3.05, 3.63) is 47.7 Å². The van der Waals surface area contributed by atoms with Gasteiger partial charge in [-0.15, -0.1) is 0 Å². The van der Waals surface area contributed by atoms with Crippen molar-refractivity contribution in [2.45, 2.75) is 32.2 Å². The number of carbonyl (C=O) groups excluding carboxylic acids is 1. The number of hydrogen-bond donors (Lipinski definition) is 0. The van der Waals surface area contributed by atoms with Crippen LogP contribution in [0.3, 0.4) is 0 Å². The fourth-order valence-electron chi connectivity index (χ4n) is 3.63. The van der Waals surface area contributed by atoms with Crippen molar-refractivity contribution in [3.63, 3.8) is 0 Å². The summed E-state index contributed by atoms with van der Waals surface area (Å²) in [6.45, 7) is 4.03. The lowest BCUT2D eigenvalue weighted by Gasteiger charge is -2.16. The smallest absolute Gasteiger partial charge is 0.274 e. The van der Waals surface area contributed by atoms with E-state index in [0.717, 1.165) is 51.9 Å². The molecule has 142 valence electrons. The zero-order valence-electron chi connectivity index (χ0n) is 15.2. The summed E-state index contributed by atoms with van der Waals surface area (Å²) in [7, 11) is 0. The van der Waals surface area contributed by atoms with Gasteiger partial charge >= 0.3 is 0 Å². The van der Waals surface area contributed by atoms with Gasteiger partial charge < -0.3 is 9.64 Å². The molecule has 0 spiro atoms. The van der Waals surface area contributed by atoms with E-state index in [9.17, 15) is 9.18 Å². The van der Waals surface area contributed by atoms with Gasteiger partial charge in [-0.2, -0.15) is 0 Å². The number of aromatic nitrogens is 2. The number of likely N-dealkylation sites (tertiary alicyclic amines) is 2. The summed E-state index contributed by atoms with van der Waals surface area (Å²) in [6, 6.07) is 5.12. The molecule has 27 heavy (non-hydrogen) atoms. The van der Waals surface area contributed by atoms with Gasteiger partial charge in [0.2, 0.25) is 5.88 Å². The standard InChI is InChI=1S/C20H23FN4O2/c21-19-15(14-24-8-1-2-9-24)6-5-7-17(19)27-18-13-22-12-16(23-18)20(26)25-10-3-4-11-25/h5-7,12-13H,1-4,8-11,14H2. The Balaban J connectivity index is 1.50. The van der Waals surface area contributed by atoms with Crippen LogP contribution >= 0.6 is 0 Å². The molecule has 0 unspecified atom stereocenters. The second kappa shape index (κ2) is 8.00. The summed E-state index contributed by atoms with van der Waals surface area (Å²) in [5.41, 5.74) is 0.828. The quantitative estimate of drug-likeness (QED) is 0.809. The van der Waals surface area contributed by atoms with Gasteiger partial charge in [-0.3, -0.25) is 14.7 Å². The monoisotopic (exact) mass is 370 g/mol. The van der Waals surface area contributed by atoms with Crippen LogP contribution in [0.25, 0.3) is 0 Å². The summed E-state index contributed by atoms with van der Waals surface area (Å²) in [5.74, 6) is -0.319. The lowest BCUT2D eigenvalue weighted by Crippen LogP contribution is -2.28. The molecular weight excluding hydrogens is 347 g/mol. The highest BCUT2D eigenvalue weighted by atomic mass is 19.1. The van der Waals surface area contributed by atoms with Crippen LogP contribution in [0, 0.1) is 5.82 Å². The van der Waals surface area contributed by atoms with E-state index in [-0.39, 0.29) is 29.0 Å². The molecule has 0 aliphatic carbocycles. The third kappa shape index (κ3) is 4.08. The first kappa shape index (κ1) is 17.9. The van der Waals surface area contributed by atoms with Crippen LogP contribution in [0.5, 0.6) is 11.6 Å². The highest BCUT2D eigenvalue weighted by Crippen LogP contribution is 2.27. The van der Waals surface area contributed by atoms with E-state index in [1.165, 1.54) is 12.4 Å². The third-order valence-corrected chi connectivity index (χ3v) is 5.08. The summed E-state index contributed by atoms with van der Waals surface area (Å²) in [4.78, 5) is 24.7. The van der Waals surface area contributed by atoms with Gasteiger partial charge in [0.25, 0.3) is 5.91 Å². The van der Waals surface area contributed by atoms with E-state index in [0.29, 0.717) is 12.1 Å². The van der Waals surface area contributed by atoms with Crippen LogP contribution in [0.15, 0.2) is 30.6 Å². The minimum absolute atomic E-state index is 0.103. The number of hydrogen-bond acceptors (Lipinski definition) is 5. The molecule has 0 saturated carbocycles. The Morgan fingerprint density at radius 1 is 1.07 bits per heavy atom. The maximum Gasteiger partial charge on any atom is 0.274 e. The van der Waals surface area contributed by atoms with Crippen LogP contribution < -0.4 is 4.74 Å². The van der Waals surface area contributed by atoms with Crippen LogP contribution in [0.2, 0.25) is 0 Å². The first-order chi connectivity index (χ1) is 13.2. The molecule has 1 amide bonds. The average molecular weight is 370 g/mol. The van der Waals surface area contributed by atoms with Gasteiger partial charge in [0.15, 0.2) is 17.3 Å². The molecule has 2 aliphatic rings. The largest absolute Gasteiger partial charge is 0.434 e. The molecule has 6 nitrogen and oxygen atoms in total. The summed E-state index contributed by atoms with van der Waals surface area (Å²) in [5, 5.41) is 0. The maximum atomic E-state index is 14.8. The van der Waals surface area contributed by atoms with E-state index in [1.807, 2.05) is 0 Å². The van der Waals surface area contributed by atoms with Gasteiger partial charge in [-0.05, 0) is 44.8 Å². The number of nitrogens with zero attached hydrogens (tertiary/aromatic N) is 4. The molecule has 4 rings (SSSR count). The van der Waals surface area contributed by atoms with Crippen molar-refractivity contribution in [1.29, 1.82) is 0 Å². The van der Waals surface area contributed by atoms with E-state index in [4.69, 9.17) is 4.74 Å². The average Bonchev–Trinajstić information content (AvgIpc) is 3.39. The number of amides is 1. The lowest BCUT2D eigenvalue weighted by atomic mass is 10.2. The Morgan fingerprint density at radius 3 is 2.59 bits per heavy atom. The Bertz CT molecular complexity index is 817. The zero-order chi connectivity index (χ0) is 18.6. The Labute approximate surface area is 158 Å². The van der Waals surface area contributed by atoms with E-state index in [2.05, 4.69) is 14.9 Å². The number of rotatable bonds is 5. The minimum Gasteiger partial charge on any atom is -0.434 e. The molecule has 1 aromatic carbocycles. The molecule has 0 atom stereocenters. The molecule has 1 aromatic heterocycles. The number of halogens is 1. The molecule has 2 aliphatic heterocycles. The van der Waals surface area contributed by atoms with Gasteiger partial charge in [0.05, 0.1) is 12.4 Å². The zero-order valence-corrected chi connectivity index (χ0v) is 15.2. The number of carbonyl (C=O) groups is 1. The summed E-state index contributed by atoms with van der Waals surface area (Å²) in [6.07, 6.45) is 7.15. The van der Waals surface area contributed by atoms with Crippen molar-refractivity contribution < 1.29 is 13.9 Å². The predicted octanol–water partition coefficient (Wildman–Crippen LogP) is 3.24. The van der Waals surface area contributed by atoms with Crippen molar-refractivity contribution in [2.24, 2.45) is 0 Å². The summed E-state index contributed by atoms with van der Waals surface area (Å²) >= 11 is 0. The van der Waals surface area contributed by atoms with Crippen LogP contribution in [0.4, 0.5) is 4.39 Å². The SMILES string of the molecule is O=C(c1cncc(Oc2cccc(CN3CCCC3)c2F)n1)N1CCCC1. The first-order valence-electron chi connectivity index (χ1n) is 9.49. The molecule has 3 heterocycles. The second-order valence-electron chi connectivity index (χ2n) is 7.06. The summed E-state index contributed by atoms with van der Waals surface area (Å²) < 4.78 is 20.5. The van der Waals surface area contributed by atoms with Gasteiger partial charge in [0.1, 0.15) is 0 Å². The van der Waals surface area contributed by atoms with Gasteiger partial charge in [0, 0.05) is 25.2 Å². The topological polar surface area (TPSA) is 58.6 Å². The fraction of sp³-hybridized carbons (Fsp3) is 0.450. The molecule has 2 fully saturated rings. The molecule has 0 bridgehead atoms. The normalized spacial score (nSPS) is 17.4. The fourth-order valence-corrected chi connectivity index (χ4v) is 3.63. The second-order valence-corrected chi connectivity index (χ2v) is 7.06. The first-order valence-corrected chi connectivity index (χ1v) is 9.49. The minimum atomic E-state index is -0.387. The maximum absolute atomic E-state index is 14.8. The number of ether oxygens (including phenoxy) is 1. The van der Waals surface area contributed by atoms with Crippen LogP contribution in [0.1, 0.15) is 41.7 Å². The Hall–Kier alpha value is -2.54. The highest BCUT2D eigenvalue weighted by molar-refractivity contribution is 5.92. The molecule has 2 aromatic rings. The molecular formula is C20H23FN4O2. The van der Waals surface area contributed by atoms with Crippen molar-refractivity contribution >= 4 is 5.91 Å². The third-order valence-electron chi connectivity index (χ3n) is 5.08. The Kier molecular flexibility index (Phi) is 5.29. The van der Waals surface area contributed by atoms with Crippen LogP contribution in [-0.4, -0.2) is 51.9 Å². The van der Waals surface area contributed by atoms with Gasteiger partial charge in [-0.25, -0.2) is 9.37 Å².